The van der Waals surface area contributed by atoms with Crippen LogP contribution in [0.4, 0.5) is 0 Å². The van der Waals surface area contributed by atoms with Crippen molar-refractivity contribution in [2.45, 2.75) is 12.5 Å². The fourth-order valence-corrected chi connectivity index (χ4v) is 2.00. The Labute approximate surface area is 67.1 Å². The minimum Gasteiger partial charge on any atom is -0.320 e. The van der Waals surface area contributed by atoms with Crippen molar-refractivity contribution >= 4 is 11.8 Å². The van der Waals surface area contributed by atoms with Gasteiger partial charge in [-0.15, -0.1) is 0 Å². The SMILES string of the molecule is CNCCC1CSCC[N]1. The highest BCUT2D eigenvalue weighted by molar-refractivity contribution is 7.99. The van der Waals surface area contributed by atoms with Crippen LogP contribution in [0.25, 0.3) is 0 Å². The average molecular weight is 159 g/mol. The molecule has 1 saturated heterocycles. The molecule has 0 aromatic carbocycles. The lowest BCUT2D eigenvalue weighted by Crippen LogP contribution is -2.33. The van der Waals surface area contributed by atoms with E-state index in [0.29, 0.717) is 6.04 Å². The first-order valence-electron chi connectivity index (χ1n) is 3.82. The van der Waals surface area contributed by atoms with Crippen molar-refractivity contribution in [3.8, 4) is 0 Å². The molecule has 1 heterocycles. The van der Waals surface area contributed by atoms with Crippen molar-refractivity contribution in [2.24, 2.45) is 0 Å². The van der Waals surface area contributed by atoms with Gasteiger partial charge in [-0.25, -0.2) is 5.32 Å². The summed E-state index contributed by atoms with van der Waals surface area (Å²) in [5.41, 5.74) is 0. The lowest BCUT2D eigenvalue weighted by atomic mass is 10.2. The van der Waals surface area contributed by atoms with Crippen LogP contribution in [0.1, 0.15) is 6.42 Å². The van der Waals surface area contributed by atoms with Gasteiger partial charge in [-0.05, 0) is 20.0 Å². The molecular weight excluding hydrogens is 144 g/mol. The molecule has 0 aromatic heterocycles. The fraction of sp³-hybridized carbons (Fsp3) is 1.00. The van der Waals surface area contributed by atoms with E-state index in [-0.39, 0.29) is 0 Å². The molecule has 1 fully saturated rings. The summed E-state index contributed by atoms with van der Waals surface area (Å²) >= 11 is 2.03. The molecule has 0 saturated carbocycles. The maximum absolute atomic E-state index is 4.51. The number of nitrogens with zero attached hydrogens (tertiary/aromatic N) is 1. The maximum Gasteiger partial charge on any atom is 0.0349 e. The predicted octanol–water partition coefficient (Wildman–Crippen LogP) is 0.316. The molecule has 1 unspecified atom stereocenters. The Morgan fingerprint density at radius 3 is 3.20 bits per heavy atom. The summed E-state index contributed by atoms with van der Waals surface area (Å²) < 4.78 is 0. The molecule has 1 rings (SSSR count). The van der Waals surface area contributed by atoms with Gasteiger partial charge in [0.1, 0.15) is 0 Å². The molecule has 0 bridgehead atoms. The second-order valence-electron chi connectivity index (χ2n) is 2.53. The largest absolute Gasteiger partial charge is 0.320 e. The van der Waals surface area contributed by atoms with Crippen LogP contribution in [0.3, 0.4) is 0 Å². The molecule has 3 heteroatoms. The topological polar surface area (TPSA) is 26.1 Å². The van der Waals surface area contributed by atoms with Gasteiger partial charge in [0.2, 0.25) is 0 Å². The number of thioether (sulfide) groups is 1. The molecule has 0 spiro atoms. The van der Waals surface area contributed by atoms with Crippen LogP contribution in [-0.2, 0) is 0 Å². The monoisotopic (exact) mass is 159 g/mol. The van der Waals surface area contributed by atoms with Crippen molar-refractivity contribution in [2.75, 3.05) is 31.6 Å². The zero-order valence-electron chi connectivity index (χ0n) is 6.47. The van der Waals surface area contributed by atoms with Crippen LogP contribution < -0.4 is 10.6 Å². The van der Waals surface area contributed by atoms with Crippen LogP contribution in [-0.4, -0.2) is 37.7 Å². The van der Waals surface area contributed by atoms with Gasteiger partial charge >= 0.3 is 0 Å². The van der Waals surface area contributed by atoms with E-state index in [1.165, 1.54) is 17.9 Å². The first kappa shape index (κ1) is 8.37. The molecule has 0 amide bonds. The Hall–Kier alpha value is 0.270. The second-order valence-corrected chi connectivity index (χ2v) is 3.68. The molecule has 1 radical (unpaired) electrons. The van der Waals surface area contributed by atoms with Gasteiger partial charge in [0.15, 0.2) is 0 Å². The van der Waals surface area contributed by atoms with Crippen molar-refractivity contribution in [3.63, 3.8) is 0 Å². The van der Waals surface area contributed by atoms with E-state index >= 15 is 0 Å². The van der Waals surface area contributed by atoms with Crippen LogP contribution in [0.15, 0.2) is 0 Å². The van der Waals surface area contributed by atoms with Gasteiger partial charge in [-0.3, -0.25) is 0 Å². The standard InChI is InChI=1S/C7H15N2S/c1-8-3-2-7-6-10-5-4-9-7/h7-8H,2-6H2,1H3. The zero-order chi connectivity index (χ0) is 7.23. The minimum atomic E-state index is 0.631. The third-order valence-electron chi connectivity index (χ3n) is 1.66. The highest BCUT2D eigenvalue weighted by Gasteiger charge is 2.12. The Bertz CT molecular complexity index is 81.7. The molecule has 59 valence electrons. The first-order valence-corrected chi connectivity index (χ1v) is 4.98. The molecule has 0 aromatic rings. The zero-order valence-corrected chi connectivity index (χ0v) is 7.28. The van der Waals surface area contributed by atoms with Crippen LogP contribution in [0, 0.1) is 0 Å². The number of nitrogens with one attached hydrogen (secondary N) is 1. The smallest absolute Gasteiger partial charge is 0.0349 e. The van der Waals surface area contributed by atoms with E-state index in [0.717, 1.165) is 13.1 Å². The summed E-state index contributed by atoms with van der Waals surface area (Å²) in [7, 11) is 2.00. The number of hydrogen-bond donors (Lipinski definition) is 1. The number of rotatable bonds is 3. The quantitative estimate of drug-likeness (QED) is 0.641. The normalized spacial score (nSPS) is 26.7. The Morgan fingerprint density at radius 2 is 2.60 bits per heavy atom. The Kier molecular flexibility index (Phi) is 4.18. The van der Waals surface area contributed by atoms with E-state index in [2.05, 4.69) is 10.6 Å². The van der Waals surface area contributed by atoms with Gasteiger partial charge in [0.05, 0.1) is 0 Å². The minimum absolute atomic E-state index is 0.631. The van der Waals surface area contributed by atoms with E-state index in [1.807, 2.05) is 18.8 Å². The highest BCUT2D eigenvalue weighted by atomic mass is 32.2. The predicted molar refractivity (Wildman–Crippen MR) is 46.7 cm³/mol. The van der Waals surface area contributed by atoms with Crippen molar-refractivity contribution in [3.05, 3.63) is 0 Å². The lowest BCUT2D eigenvalue weighted by molar-refractivity contribution is 0.508. The van der Waals surface area contributed by atoms with Crippen molar-refractivity contribution < 1.29 is 0 Å². The van der Waals surface area contributed by atoms with Gasteiger partial charge in [0.25, 0.3) is 0 Å². The molecule has 2 nitrogen and oxygen atoms in total. The summed E-state index contributed by atoms with van der Waals surface area (Å²) in [6.07, 6.45) is 1.21. The van der Waals surface area contributed by atoms with Gasteiger partial charge in [0, 0.05) is 24.1 Å². The van der Waals surface area contributed by atoms with E-state index in [4.69, 9.17) is 0 Å². The average Bonchev–Trinajstić information content (AvgIpc) is 2.03. The van der Waals surface area contributed by atoms with E-state index < -0.39 is 0 Å². The summed E-state index contributed by atoms with van der Waals surface area (Å²) in [6, 6.07) is 0.631. The third kappa shape index (κ3) is 2.90. The van der Waals surface area contributed by atoms with Gasteiger partial charge in [-0.2, -0.15) is 11.8 Å². The molecule has 1 atom stereocenters. The van der Waals surface area contributed by atoms with Crippen molar-refractivity contribution in [1.29, 1.82) is 0 Å². The maximum atomic E-state index is 4.51. The van der Waals surface area contributed by atoms with Crippen LogP contribution >= 0.6 is 11.8 Å². The molecule has 10 heavy (non-hydrogen) atoms. The molecule has 1 aliphatic heterocycles. The van der Waals surface area contributed by atoms with Crippen LogP contribution in [0.2, 0.25) is 0 Å². The molecular formula is C7H15N2S. The van der Waals surface area contributed by atoms with Crippen molar-refractivity contribution in [1.82, 2.24) is 10.6 Å². The Balaban J connectivity index is 2.02. The first-order chi connectivity index (χ1) is 4.93. The van der Waals surface area contributed by atoms with Crippen LogP contribution in [0.5, 0.6) is 0 Å². The number of hydrogen-bond acceptors (Lipinski definition) is 2. The third-order valence-corrected chi connectivity index (χ3v) is 2.75. The van der Waals surface area contributed by atoms with Gasteiger partial charge in [-0.1, -0.05) is 0 Å². The molecule has 1 aliphatic rings. The summed E-state index contributed by atoms with van der Waals surface area (Å²) in [5, 5.41) is 7.65. The molecule has 1 N–H and O–H groups in total. The summed E-state index contributed by atoms with van der Waals surface area (Å²) in [4.78, 5) is 0. The van der Waals surface area contributed by atoms with E-state index in [1.54, 1.807) is 0 Å². The Morgan fingerprint density at radius 1 is 1.70 bits per heavy atom. The van der Waals surface area contributed by atoms with E-state index in [9.17, 15) is 0 Å². The summed E-state index contributed by atoms with van der Waals surface area (Å²) in [6.45, 7) is 2.17. The summed E-state index contributed by atoms with van der Waals surface area (Å²) in [5.74, 6) is 2.47. The second kappa shape index (κ2) is 4.99. The highest BCUT2D eigenvalue weighted by Crippen LogP contribution is 2.10. The fourth-order valence-electron chi connectivity index (χ4n) is 1.06. The van der Waals surface area contributed by atoms with Gasteiger partial charge < -0.3 is 5.32 Å². The molecule has 0 aliphatic carbocycles. The lowest BCUT2D eigenvalue weighted by Gasteiger charge is -2.20.